The lowest BCUT2D eigenvalue weighted by molar-refractivity contribution is -0.111. The van der Waals surface area contributed by atoms with E-state index < -0.39 is 0 Å². The first-order valence-electron chi connectivity index (χ1n) is 7.93. The molecule has 0 unspecified atom stereocenters. The van der Waals surface area contributed by atoms with E-state index in [1.807, 2.05) is 31.1 Å². The van der Waals surface area contributed by atoms with E-state index in [0.29, 0.717) is 17.1 Å². The maximum atomic E-state index is 12.2. The van der Waals surface area contributed by atoms with Gasteiger partial charge in [0.1, 0.15) is 5.75 Å². The van der Waals surface area contributed by atoms with Gasteiger partial charge in [-0.05, 0) is 6.07 Å². The molecule has 24 heavy (non-hydrogen) atoms. The van der Waals surface area contributed by atoms with Gasteiger partial charge in [-0.15, -0.1) is 0 Å². The molecule has 1 aromatic carbocycles. The quantitative estimate of drug-likeness (QED) is 0.600. The summed E-state index contributed by atoms with van der Waals surface area (Å²) in [6, 6.07) is 3.52. The molecule has 7 heteroatoms. The average molecular weight is 334 g/mol. The van der Waals surface area contributed by atoms with Gasteiger partial charge in [-0.25, -0.2) is 0 Å². The smallest absolute Gasteiger partial charge is 0.248 e. The van der Waals surface area contributed by atoms with E-state index in [1.165, 1.54) is 0 Å². The summed E-state index contributed by atoms with van der Waals surface area (Å²) in [5.74, 6) is 0.399. The van der Waals surface area contributed by atoms with Gasteiger partial charge in [0, 0.05) is 45.9 Å². The zero-order valence-electron chi connectivity index (χ0n) is 14.5. The van der Waals surface area contributed by atoms with Gasteiger partial charge < -0.3 is 25.4 Å². The van der Waals surface area contributed by atoms with Crippen molar-refractivity contribution in [1.29, 1.82) is 0 Å². The molecule has 2 rings (SSSR count). The number of nitrogens with two attached hydrogens (primary N) is 1. The van der Waals surface area contributed by atoms with E-state index in [-0.39, 0.29) is 5.91 Å². The van der Waals surface area contributed by atoms with Crippen LogP contribution in [0.1, 0.15) is 0 Å². The Morgan fingerprint density at radius 3 is 2.75 bits per heavy atom. The van der Waals surface area contributed by atoms with Gasteiger partial charge in [-0.2, -0.15) is 0 Å². The number of benzene rings is 1. The Kier molecular flexibility index (Phi) is 6.45. The maximum absolute atomic E-state index is 12.2. The molecule has 1 aromatic rings. The zero-order valence-corrected chi connectivity index (χ0v) is 14.5. The molecule has 1 aliphatic rings. The second-order valence-electron chi connectivity index (χ2n) is 5.81. The molecule has 3 N–H and O–H groups in total. The summed E-state index contributed by atoms with van der Waals surface area (Å²) in [5.41, 5.74) is 7.91. The maximum Gasteiger partial charge on any atom is 0.248 e. The number of amides is 1. The number of nitrogen functional groups attached to an aromatic ring is 1. The lowest BCUT2D eigenvalue weighted by Crippen LogP contribution is -2.36. The summed E-state index contributed by atoms with van der Waals surface area (Å²) < 4.78 is 10.5. The highest BCUT2D eigenvalue weighted by Crippen LogP contribution is 2.34. The van der Waals surface area contributed by atoms with Crippen LogP contribution in [0, 0.1) is 0 Å². The van der Waals surface area contributed by atoms with Crippen LogP contribution in [0.5, 0.6) is 5.75 Å². The first-order chi connectivity index (χ1) is 11.5. The first kappa shape index (κ1) is 18.1. The minimum atomic E-state index is -0.184. The fourth-order valence-electron chi connectivity index (χ4n) is 2.50. The largest absolute Gasteiger partial charge is 0.495 e. The Bertz CT molecular complexity index is 596. The van der Waals surface area contributed by atoms with Gasteiger partial charge in [0.05, 0.1) is 37.4 Å². The van der Waals surface area contributed by atoms with Gasteiger partial charge in [-0.3, -0.25) is 9.69 Å². The predicted molar refractivity (Wildman–Crippen MR) is 96.8 cm³/mol. The molecule has 1 fully saturated rings. The zero-order chi connectivity index (χ0) is 17.5. The topological polar surface area (TPSA) is 80.1 Å². The molecule has 1 amide bonds. The van der Waals surface area contributed by atoms with E-state index in [4.69, 9.17) is 15.2 Å². The number of carbonyl (C=O) groups excluding carboxylic acids is 1. The van der Waals surface area contributed by atoms with Crippen molar-refractivity contribution in [2.45, 2.75) is 0 Å². The second-order valence-corrected chi connectivity index (χ2v) is 5.81. The van der Waals surface area contributed by atoms with Crippen molar-refractivity contribution in [3.8, 4) is 5.75 Å². The van der Waals surface area contributed by atoms with Gasteiger partial charge in [0.25, 0.3) is 0 Å². The number of morpholine rings is 1. The number of methoxy groups -OCH3 is 1. The SMILES string of the molecule is COc1cc(N(C)C)c(NC(=O)/C=C/CN2CCOCC2)cc1N. The van der Waals surface area contributed by atoms with Crippen LogP contribution in [0.15, 0.2) is 24.3 Å². The Hall–Kier alpha value is -2.25. The van der Waals surface area contributed by atoms with Crippen LogP contribution in [-0.2, 0) is 9.53 Å². The Morgan fingerprint density at radius 1 is 1.42 bits per heavy atom. The summed E-state index contributed by atoms with van der Waals surface area (Å²) in [7, 11) is 5.36. The number of nitrogens with one attached hydrogen (secondary N) is 1. The predicted octanol–water partition coefficient (Wildman–Crippen LogP) is 1.17. The molecule has 0 aromatic heterocycles. The summed E-state index contributed by atoms with van der Waals surface area (Å²) in [6.45, 7) is 4.02. The number of hydrogen-bond donors (Lipinski definition) is 2. The summed E-state index contributed by atoms with van der Waals surface area (Å²) in [5, 5.41) is 2.88. The van der Waals surface area contributed by atoms with E-state index in [9.17, 15) is 4.79 Å². The van der Waals surface area contributed by atoms with Crippen molar-refractivity contribution >= 4 is 23.0 Å². The molecule has 132 valence electrons. The van der Waals surface area contributed by atoms with E-state index in [1.54, 1.807) is 19.3 Å². The fourth-order valence-corrected chi connectivity index (χ4v) is 2.50. The molecule has 1 heterocycles. The lowest BCUT2D eigenvalue weighted by Gasteiger charge is -2.25. The first-order valence-corrected chi connectivity index (χ1v) is 7.93. The fraction of sp³-hybridized carbons (Fsp3) is 0.471. The van der Waals surface area contributed by atoms with Crippen LogP contribution < -0.4 is 20.7 Å². The summed E-state index contributed by atoms with van der Waals surface area (Å²) in [4.78, 5) is 16.3. The minimum Gasteiger partial charge on any atom is -0.495 e. The summed E-state index contributed by atoms with van der Waals surface area (Å²) >= 11 is 0. The number of nitrogens with zero attached hydrogens (tertiary/aromatic N) is 2. The molecule has 0 radical (unpaired) electrons. The molecule has 0 aliphatic carbocycles. The highest BCUT2D eigenvalue weighted by atomic mass is 16.5. The molecule has 0 bridgehead atoms. The van der Waals surface area contributed by atoms with Crippen molar-refractivity contribution in [3.05, 3.63) is 24.3 Å². The van der Waals surface area contributed by atoms with Crippen LogP contribution in [0.4, 0.5) is 17.1 Å². The Balaban J connectivity index is 2.01. The van der Waals surface area contributed by atoms with Gasteiger partial charge in [-0.1, -0.05) is 6.08 Å². The number of hydrogen-bond acceptors (Lipinski definition) is 6. The normalized spacial score (nSPS) is 15.5. The van der Waals surface area contributed by atoms with Gasteiger partial charge in [0.2, 0.25) is 5.91 Å². The van der Waals surface area contributed by atoms with Crippen molar-refractivity contribution in [1.82, 2.24) is 4.90 Å². The van der Waals surface area contributed by atoms with Gasteiger partial charge >= 0.3 is 0 Å². The highest BCUT2D eigenvalue weighted by molar-refractivity contribution is 6.02. The van der Waals surface area contributed by atoms with Crippen LogP contribution >= 0.6 is 0 Å². The molecular formula is C17H26N4O3. The molecule has 1 saturated heterocycles. The van der Waals surface area contributed by atoms with Crippen molar-refractivity contribution in [2.75, 3.05) is 70.0 Å². The Morgan fingerprint density at radius 2 is 2.12 bits per heavy atom. The molecule has 1 aliphatic heterocycles. The van der Waals surface area contributed by atoms with Crippen molar-refractivity contribution in [2.24, 2.45) is 0 Å². The molecule has 0 atom stereocenters. The van der Waals surface area contributed by atoms with E-state index in [0.717, 1.165) is 38.5 Å². The number of ether oxygens (including phenoxy) is 2. The standard InChI is InChI=1S/C17H26N4O3/c1-20(2)15-12-16(23-3)13(18)11-14(15)19-17(22)5-4-6-21-7-9-24-10-8-21/h4-5,11-12H,6-10,18H2,1-3H3,(H,19,22)/b5-4+. The molecular weight excluding hydrogens is 308 g/mol. The van der Waals surface area contributed by atoms with Crippen molar-refractivity contribution < 1.29 is 14.3 Å². The van der Waals surface area contributed by atoms with Gasteiger partial charge in [0.15, 0.2) is 0 Å². The number of rotatable bonds is 6. The highest BCUT2D eigenvalue weighted by Gasteiger charge is 2.12. The lowest BCUT2D eigenvalue weighted by atomic mass is 10.2. The third kappa shape index (κ3) is 4.87. The number of carbonyl (C=O) groups is 1. The molecule has 0 spiro atoms. The third-order valence-electron chi connectivity index (χ3n) is 3.82. The summed E-state index contributed by atoms with van der Waals surface area (Å²) in [6.07, 6.45) is 3.41. The van der Waals surface area contributed by atoms with Crippen LogP contribution in [-0.4, -0.2) is 64.9 Å². The van der Waals surface area contributed by atoms with Crippen LogP contribution in [0.25, 0.3) is 0 Å². The van der Waals surface area contributed by atoms with E-state index >= 15 is 0 Å². The van der Waals surface area contributed by atoms with Crippen LogP contribution in [0.2, 0.25) is 0 Å². The van der Waals surface area contributed by atoms with E-state index in [2.05, 4.69) is 10.2 Å². The Labute approximate surface area is 143 Å². The average Bonchev–Trinajstić information content (AvgIpc) is 2.55. The second kappa shape index (κ2) is 8.56. The third-order valence-corrected chi connectivity index (χ3v) is 3.82. The minimum absolute atomic E-state index is 0.184. The molecule has 7 nitrogen and oxygen atoms in total. The molecule has 0 saturated carbocycles. The number of anilines is 3. The monoisotopic (exact) mass is 334 g/mol. The van der Waals surface area contributed by atoms with Crippen LogP contribution in [0.3, 0.4) is 0 Å². The van der Waals surface area contributed by atoms with Crippen molar-refractivity contribution in [3.63, 3.8) is 0 Å².